The van der Waals surface area contributed by atoms with Gasteiger partial charge in [0, 0.05) is 42.5 Å². The van der Waals surface area contributed by atoms with Gasteiger partial charge in [0.2, 0.25) is 5.95 Å². The lowest BCUT2D eigenvalue weighted by Crippen LogP contribution is -2.17. The summed E-state index contributed by atoms with van der Waals surface area (Å²) in [4.78, 5) is 23.3. The number of rotatable bonds is 6. The fourth-order valence-electron chi connectivity index (χ4n) is 3.40. The van der Waals surface area contributed by atoms with Crippen LogP contribution in [0, 0.1) is 0 Å². The van der Waals surface area contributed by atoms with Crippen molar-refractivity contribution < 1.29 is 4.79 Å². The number of carbonyl (C=O) groups excluding carboxylic acids is 1. The third-order valence-electron chi connectivity index (χ3n) is 5.13. The Morgan fingerprint density at radius 3 is 2.17 bits per heavy atom. The van der Waals surface area contributed by atoms with E-state index in [2.05, 4.69) is 44.6 Å². The van der Waals surface area contributed by atoms with Crippen molar-refractivity contribution >= 4 is 28.9 Å². The summed E-state index contributed by atoms with van der Waals surface area (Å²) in [5.74, 6) is 0.235. The van der Waals surface area contributed by atoms with Crippen LogP contribution in [0.3, 0.4) is 0 Å². The van der Waals surface area contributed by atoms with Gasteiger partial charge in [-0.2, -0.15) is 0 Å². The van der Waals surface area contributed by atoms with E-state index in [1.54, 1.807) is 0 Å². The molecule has 148 valence electrons. The Kier molecular flexibility index (Phi) is 5.70. The van der Waals surface area contributed by atoms with E-state index in [1.165, 1.54) is 36.5 Å². The zero-order valence-electron chi connectivity index (χ0n) is 16.6. The highest BCUT2D eigenvalue weighted by atomic mass is 16.1. The Hall–Kier alpha value is -3.41. The molecule has 2 heterocycles. The third-order valence-corrected chi connectivity index (χ3v) is 5.13. The second kappa shape index (κ2) is 8.73. The normalized spacial score (nSPS) is 13.3. The quantitative estimate of drug-likeness (QED) is 0.645. The topological polar surface area (TPSA) is 70.2 Å². The molecule has 2 aromatic carbocycles. The predicted octanol–water partition coefficient (Wildman–Crippen LogP) is 4.64. The van der Waals surface area contributed by atoms with Gasteiger partial charge < -0.3 is 15.5 Å². The summed E-state index contributed by atoms with van der Waals surface area (Å²) in [6, 6.07) is 16.1. The first-order valence-electron chi connectivity index (χ1n) is 10.1. The first-order valence-corrected chi connectivity index (χ1v) is 10.1. The molecule has 1 aromatic heterocycles. The van der Waals surface area contributed by atoms with E-state index in [1.807, 2.05) is 36.4 Å². The van der Waals surface area contributed by atoms with Crippen molar-refractivity contribution in [2.45, 2.75) is 26.2 Å². The highest BCUT2D eigenvalue weighted by molar-refractivity contribution is 6.03. The molecule has 0 radical (unpaired) electrons. The lowest BCUT2D eigenvalue weighted by atomic mass is 10.1. The van der Waals surface area contributed by atoms with Crippen LogP contribution in [0.25, 0.3) is 0 Å². The predicted molar refractivity (Wildman–Crippen MR) is 117 cm³/mol. The molecule has 6 heteroatoms. The molecule has 0 unspecified atom stereocenters. The van der Waals surface area contributed by atoms with Gasteiger partial charge in [-0.15, -0.1) is 0 Å². The van der Waals surface area contributed by atoms with E-state index in [0.717, 1.165) is 30.9 Å². The zero-order chi connectivity index (χ0) is 20.1. The summed E-state index contributed by atoms with van der Waals surface area (Å²) in [5, 5.41) is 6.05. The molecule has 1 aliphatic rings. The molecule has 0 spiro atoms. The van der Waals surface area contributed by atoms with Gasteiger partial charge in [0.1, 0.15) is 0 Å². The summed E-state index contributed by atoms with van der Waals surface area (Å²) in [7, 11) is 0. The van der Waals surface area contributed by atoms with Crippen molar-refractivity contribution in [1.29, 1.82) is 0 Å². The first-order chi connectivity index (χ1) is 14.2. The van der Waals surface area contributed by atoms with Crippen molar-refractivity contribution in [3.05, 3.63) is 72.1 Å². The lowest BCUT2D eigenvalue weighted by Gasteiger charge is -2.17. The number of amides is 1. The second-order valence-corrected chi connectivity index (χ2v) is 7.17. The minimum absolute atomic E-state index is 0.226. The van der Waals surface area contributed by atoms with Crippen LogP contribution in [0.2, 0.25) is 0 Å². The molecule has 6 nitrogen and oxygen atoms in total. The number of aryl methyl sites for hydroxylation is 1. The number of hydrogen-bond acceptors (Lipinski definition) is 5. The maximum absolute atomic E-state index is 12.4. The lowest BCUT2D eigenvalue weighted by molar-refractivity contribution is 0.102. The molecule has 1 saturated heterocycles. The summed E-state index contributed by atoms with van der Waals surface area (Å²) < 4.78 is 0. The van der Waals surface area contributed by atoms with E-state index >= 15 is 0 Å². The third kappa shape index (κ3) is 4.71. The van der Waals surface area contributed by atoms with Gasteiger partial charge >= 0.3 is 0 Å². The first kappa shape index (κ1) is 18.9. The van der Waals surface area contributed by atoms with Gasteiger partial charge in [-0.3, -0.25) is 4.79 Å². The standard InChI is InChI=1S/C23H25N5O/c1-2-17-5-7-19(8-6-17)26-22(29)18-15-24-23(25-16-18)27-20-9-11-21(12-10-20)28-13-3-4-14-28/h5-12,15-16H,2-4,13-14H2,1H3,(H,26,29)(H,24,25,27). The van der Waals surface area contributed by atoms with Crippen LogP contribution in [0.5, 0.6) is 0 Å². The van der Waals surface area contributed by atoms with Gasteiger partial charge in [-0.05, 0) is 61.2 Å². The maximum Gasteiger partial charge on any atom is 0.258 e. The van der Waals surface area contributed by atoms with Crippen LogP contribution in [0.15, 0.2) is 60.9 Å². The average molecular weight is 387 g/mol. The van der Waals surface area contributed by atoms with Crippen molar-refractivity contribution in [2.24, 2.45) is 0 Å². The van der Waals surface area contributed by atoms with Crippen LogP contribution in [-0.4, -0.2) is 29.0 Å². The average Bonchev–Trinajstić information content (AvgIpc) is 3.30. The highest BCUT2D eigenvalue weighted by Gasteiger charge is 2.12. The van der Waals surface area contributed by atoms with E-state index in [-0.39, 0.29) is 5.91 Å². The number of benzene rings is 2. The minimum Gasteiger partial charge on any atom is -0.372 e. The monoisotopic (exact) mass is 387 g/mol. The number of nitrogens with one attached hydrogen (secondary N) is 2. The number of aromatic nitrogens is 2. The van der Waals surface area contributed by atoms with Crippen LogP contribution in [0.1, 0.15) is 35.7 Å². The van der Waals surface area contributed by atoms with Crippen LogP contribution in [-0.2, 0) is 6.42 Å². The van der Waals surface area contributed by atoms with Crippen molar-refractivity contribution in [3.8, 4) is 0 Å². The molecule has 29 heavy (non-hydrogen) atoms. The Labute approximate surface area is 171 Å². The summed E-state index contributed by atoms with van der Waals surface area (Å²) in [6.45, 7) is 4.35. The number of anilines is 4. The Morgan fingerprint density at radius 2 is 1.55 bits per heavy atom. The molecule has 3 aromatic rings. The fourth-order valence-corrected chi connectivity index (χ4v) is 3.40. The molecule has 1 amide bonds. The molecular weight excluding hydrogens is 362 g/mol. The van der Waals surface area contributed by atoms with E-state index in [4.69, 9.17) is 0 Å². The maximum atomic E-state index is 12.4. The van der Waals surface area contributed by atoms with Gasteiger partial charge in [-0.25, -0.2) is 9.97 Å². The summed E-state index contributed by atoms with van der Waals surface area (Å²) >= 11 is 0. The Bertz CT molecular complexity index is 946. The van der Waals surface area contributed by atoms with Crippen molar-refractivity contribution in [1.82, 2.24) is 9.97 Å². The molecular formula is C23H25N5O. The van der Waals surface area contributed by atoms with Crippen LogP contribution >= 0.6 is 0 Å². The van der Waals surface area contributed by atoms with Crippen LogP contribution in [0.4, 0.5) is 23.0 Å². The molecule has 0 aliphatic carbocycles. The molecule has 0 bridgehead atoms. The molecule has 1 aliphatic heterocycles. The minimum atomic E-state index is -0.226. The molecule has 0 saturated carbocycles. The molecule has 1 fully saturated rings. The largest absolute Gasteiger partial charge is 0.372 e. The number of nitrogens with zero attached hydrogens (tertiary/aromatic N) is 3. The Balaban J connectivity index is 1.36. The summed E-state index contributed by atoms with van der Waals surface area (Å²) in [6.07, 6.45) is 6.56. The second-order valence-electron chi connectivity index (χ2n) is 7.17. The van der Waals surface area contributed by atoms with Gasteiger partial charge in [0.25, 0.3) is 5.91 Å². The molecule has 2 N–H and O–H groups in total. The number of hydrogen-bond donors (Lipinski definition) is 2. The van der Waals surface area contributed by atoms with Gasteiger partial charge in [-0.1, -0.05) is 19.1 Å². The number of carbonyl (C=O) groups is 1. The van der Waals surface area contributed by atoms with E-state index < -0.39 is 0 Å². The van der Waals surface area contributed by atoms with Crippen LogP contribution < -0.4 is 15.5 Å². The summed E-state index contributed by atoms with van der Waals surface area (Å²) in [5.41, 5.74) is 4.57. The Morgan fingerprint density at radius 1 is 0.931 bits per heavy atom. The fraction of sp³-hybridized carbons (Fsp3) is 0.261. The van der Waals surface area contributed by atoms with E-state index in [9.17, 15) is 4.79 Å². The van der Waals surface area contributed by atoms with Crippen molar-refractivity contribution in [3.63, 3.8) is 0 Å². The SMILES string of the molecule is CCc1ccc(NC(=O)c2cnc(Nc3ccc(N4CCCC4)cc3)nc2)cc1. The van der Waals surface area contributed by atoms with Gasteiger partial charge in [0.05, 0.1) is 5.56 Å². The molecule has 4 rings (SSSR count). The molecule has 0 atom stereocenters. The van der Waals surface area contributed by atoms with Gasteiger partial charge in [0.15, 0.2) is 0 Å². The smallest absolute Gasteiger partial charge is 0.258 e. The highest BCUT2D eigenvalue weighted by Crippen LogP contribution is 2.23. The zero-order valence-corrected chi connectivity index (χ0v) is 16.6. The van der Waals surface area contributed by atoms with E-state index in [0.29, 0.717) is 11.5 Å². The van der Waals surface area contributed by atoms with Crippen molar-refractivity contribution in [2.75, 3.05) is 28.6 Å².